The fraction of sp³-hybridized carbons (Fsp3) is 0. The molecule has 0 aliphatic heterocycles. The summed E-state index contributed by atoms with van der Waals surface area (Å²) in [6.07, 6.45) is 0. The summed E-state index contributed by atoms with van der Waals surface area (Å²) in [5, 5.41) is 2.31. The van der Waals surface area contributed by atoms with Gasteiger partial charge in [0.05, 0.1) is 5.56 Å². The number of hydrogen-bond acceptors (Lipinski definition) is 3. The number of amides is 3. The van der Waals surface area contributed by atoms with Gasteiger partial charge in [-0.25, -0.2) is 4.79 Å². The molecule has 8 N–H and O–H groups in total. The largest absolute Gasteiger partial charge is 0.399 e. The first kappa shape index (κ1) is 12.5. The van der Waals surface area contributed by atoms with E-state index < -0.39 is 11.9 Å². The lowest BCUT2D eigenvalue weighted by Crippen LogP contribution is -2.22. The first-order valence-electron chi connectivity index (χ1n) is 5.42. The van der Waals surface area contributed by atoms with Gasteiger partial charge in [0, 0.05) is 16.9 Å². The second kappa shape index (κ2) is 4.73. The Morgan fingerprint density at radius 1 is 1.16 bits per heavy atom. The smallest absolute Gasteiger partial charge is 0.317 e. The number of urea groups is 1. The van der Waals surface area contributed by atoms with Gasteiger partial charge in [-0.3, -0.25) is 10.1 Å². The second-order valence-corrected chi connectivity index (χ2v) is 3.95. The van der Waals surface area contributed by atoms with Gasteiger partial charge in [-0.05, 0) is 18.2 Å². The van der Waals surface area contributed by atoms with E-state index in [1.807, 2.05) is 0 Å². The normalized spacial score (nSPS) is 10.1. The maximum absolute atomic E-state index is 11.3. The van der Waals surface area contributed by atoms with E-state index in [9.17, 15) is 9.59 Å². The van der Waals surface area contributed by atoms with Crippen molar-refractivity contribution in [1.29, 1.82) is 0 Å². The molecule has 0 saturated heterocycles. The highest BCUT2D eigenvalue weighted by Crippen LogP contribution is 2.26. The quantitative estimate of drug-likeness (QED) is 0.522. The second-order valence-electron chi connectivity index (χ2n) is 3.95. The summed E-state index contributed by atoms with van der Waals surface area (Å²) in [6.45, 7) is 0. The predicted molar refractivity (Wildman–Crippen MR) is 72.4 cm³/mol. The molecule has 0 saturated carbocycles. The molecule has 0 bridgehead atoms. The third-order valence-corrected chi connectivity index (χ3v) is 2.53. The maximum atomic E-state index is 11.3. The molecular formula is C12H13N5O2. The number of aromatic nitrogens is 1. The minimum atomic E-state index is -0.788. The molecule has 7 heteroatoms. The van der Waals surface area contributed by atoms with Crippen LogP contribution in [0.3, 0.4) is 0 Å². The van der Waals surface area contributed by atoms with Gasteiger partial charge in [0.1, 0.15) is 5.82 Å². The summed E-state index contributed by atoms with van der Waals surface area (Å²) >= 11 is 0. The zero-order valence-electron chi connectivity index (χ0n) is 9.94. The number of anilines is 2. The number of carbonyl (C=O) groups is 2. The summed E-state index contributed by atoms with van der Waals surface area (Å²) in [4.78, 5) is 25.0. The van der Waals surface area contributed by atoms with Crippen molar-refractivity contribution in [2.24, 2.45) is 11.5 Å². The number of carbonyl (C=O) groups excluding carboxylic acids is 2. The number of rotatable bonds is 3. The zero-order valence-corrected chi connectivity index (χ0v) is 9.94. The molecule has 1 heterocycles. The molecule has 19 heavy (non-hydrogen) atoms. The predicted octanol–water partition coefficient (Wildman–Crippen LogP) is 0.853. The number of nitrogens with two attached hydrogens (primary N) is 3. The van der Waals surface area contributed by atoms with Crippen molar-refractivity contribution in [2.75, 3.05) is 11.1 Å². The lowest BCUT2D eigenvalue weighted by atomic mass is 10.1. The SMILES string of the molecule is NC(=O)Nc1[nH]c(-c2cccc(N)c2)cc1C(N)=O. The van der Waals surface area contributed by atoms with Crippen LogP contribution < -0.4 is 22.5 Å². The molecule has 0 radical (unpaired) electrons. The lowest BCUT2D eigenvalue weighted by Gasteiger charge is -2.01. The van der Waals surface area contributed by atoms with Crippen molar-refractivity contribution in [2.45, 2.75) is 0 Å². The number of primary amides is 2. The molecule has 0 spiro atoms. The average Bonchev–Trinajstić information content (AvgIpc) is 2.72. The number of aromatic amines is 1. The highest BCUT2D eigenvalue weighted by atomic mass is 16.2. The molecule has 1 aromatic heterocycles. The minimum absolute atomic E-state index is 0.149. The Balaban J connectivity index is 2.48. The van der Waals surface area contributed by atoms with E-state index in [2.05, 4.69) is 10.3 Å². The standard InChI is InChI=1S/C12H13N5O2/c13-7-3-1-2-6(4-7)9-5-8(10(14)18)11(16-9)17-12(15)19/h1-5,16H,13H2,(H2,14,18)(H3,15,17,19). The Morgan fingerprint density at radius 3 is 2.47 bits per heavy atom. The van der Waals surface area contributed by atoms with Crippen LogP contribution in [0.15, 0.2) is 30.3 Å². The zero-order chi connectivity index (χ0) is 14.0. The summed E-state index contributed by atoms with van der Waals surface area (Å²) in [5.74, 6) is -0.507. The Hall–Kier alpha value is -2.96. The molecule has 98 valence electrons. The van der Waals surface area contributed by atoms with Crippen molar-refractivity contribution in [3.63, 3.8) is 0 Å². The molecule has 2 rings (SSSR count). The van der Waals surface area contributed by atoms with Gasteiger partial charge in [0.2, 0.25) is 0 Å². The van der Waals surface area contributed by atoms with Gasteiger partial charge >= 0.3 is 6.03 Å². The van der Waals surface area contributed by atoms with Gasteiger partial charge in [-0.2, -0.15) is 0 Å². The minimum Gasteiger partial charge on any atom is -0.399 e. The summed E-state index contributed by atoms with van der Waals surface area (Å²) in [7, 11) is 0. The van der Waals surface area contributed by atoms with Crippen molar-refractivity contribution in [3.05, 3.63) is 35.9 Å². The summed E-state index contributed by atoms with van der Waals surface area (Å²) < 4.78 is 0. The Kier molecular flexibility index (Phi) is 3.11. The molecule has 0 fully saturated rings. The van der Waals surface area contributed by atoms with Gasteiger partial charge in [0.15, 0.2) is 0 Å². The maximum Gasteiger partial charge on any atom is 0.317 e. The number of benzene rings is 1. The number of nitrogen functional groups attached to an aromatic ring is 1. The Bertz CT molecular complexity index is 647. The van der Waals surface area contributed by atoms with Crippen LogP contribution in [0.1, 0.15) is 10.4 Å². The van der Waals surface area contributed by atoms with E-state index in [1.54, 1.807) is 24.3 Å². The number of H-pyrrole nitrogens is 1. The third kappa shape index (κ3) is 2.65. The van der Waals surface area contributed by atoms with E-state index in [0.29, 0.717) is 11.4 Å². The first-order chi connectivity index (χ1) is 8.97. The lowest BCUT2D eigenvalue weighted by molar-refractivity contribution is 0.100. The van der Waals surface area contributed by atoms with E-state index in [1.165, 1.54) is 6.07 Å². The van der Waals surface area contributed by atoms with Gasteiger partial charge in [-0.15, -0.1) is 0 Å². The highest BCUT2D eigenvalue weighted by molar-refractivity contribution is 6.03. The fourth-order valence-electron chi connectivity index (χ4n) is 1.73. The molecule has 1 aromatic carbocycles. The van der Waals surface area contributed by atoms with Crippen LogP contribution in [-0.4, -0.2) is 16.9 Å². The van der Waals surface area contributed by atoms with Gasteiger partial charge in [0.25, 0.3) is 5.91 Å². The van der Waals surface area contributed by atoms with Gasteiger partial charge < -0.3 is 22.2 Å². The van der Waals surface area contributed by atoms with Gasteiger partial charge in [-0.1, -0.05) is 12.1 Å². The van der Waals surface area contributed by atoms with Crippen LogP contribution in [0.25, 0.3) is 11.3 Å². The monoisotopic (exact) mass is 259 g/mol. The number of nitrogens with one attached hydrogen (secondary N) is 2. The van der Waals surface area contributed by atoms with Crippen LogP contribution in [0.2, 0.25) is 0 Å². The Morgan fingerprint density at radius 2 is 1.89 bits per heavy atom. The van der Waals surface area contributed by atoms with Crippen molar-refractivity contribution >= 4 is 23.4 Å². The summed E-state index contributed by atoms with van der Waals surface area (Å²) in [5.41, 5.74) is 18.0. The van der Waals surface area contributed by atoms with Crippen molar-refractivity contribution in [3.8, 4) is 11.3 Å². The first-order valence-corrected chi connectivity index (χ1v) is 5.42. The third-order valence-electron chi connectivity index (χ3n) is 2.53. The van der Waals surface area contributed by atoms with E-state index in [4.69, 9.17) is 17.2 Å². The Labute approximate surface area is 108 Å². The summed E-state index contributed by atoms with van der Waals surface area (Å²) in [6, 6.07) is 7.79. The van der Waals surface area contributed by atoms with E-state index >= 15 is 0 Å². The highest BCUT2D eigenvalue weighted by Gasteiger charge is 2.15. The molecule has 3 amide bonds. The topological polar surface area (TPSA) is 140 Å². The van der Waals surface area contributed by atoms with Crippen molar-refractivity contribution < 1.29 is 9.59 Å². The van der Waals surface area contributed by atoms with Crippen LogP contribution in [-0.2, 0) is 0 Å². The van der Waals surface area contributed by atoms with E-state index in [0.717, 1.165) is 5.56 Å². The fourth-order valence-corrected chi connectivity index (χ4v) is 1.73. The average molecular weight is 259 g/mol. The van der Waals surface area contributed by atoms with E-state index in [-0.39, 0.29) is 11.4 Å². The molecular weight excluding hydrogens is 246 g/mol. The van der Waals surface area contributed by atoms with Crippen LogP contribution in [0.5, 0.6) is 0 Å². The van der Waals surface area contributed by atoms with Crippen LogP contribution in [0.4, 0.5) is 16.3 Å². The molecule has 2 aromatic rings. The number of hydrogen-bond donors (Lipinski definition) is 5. The van der Waals surface area contributed by atoms with Crippen LogP contribution in [0, 0.1) is 0 Å². The molecule has 0 aliphatic rings. The molecule has 7 nitrogen and oxygen atoms in total. The van der Waals surface area contributed by atoms with Crippen molar-refractivity contribution in [1.82, 2.24) is 4.98 Å². The molecule has 0 unspecified atom stereocenters. The van der Waals surface area contributed by atoms with Crippen LogP contribution >= 0.6 is 0 Å². The molecule has 0 aliphatic carbocycles. The molecule has 0 atom stereocenters.